The van der Waals surface area contributed by atoms with E-state index in [1.54, 1.807) is 6.07 Å². The largest absolute Gasteiger partial charge is 0.381 e. The van der Waals surface area contributed by atoms with E-state index >= 15 is 0 Å². The van der Waals surface area contributed by atoms with Crippen molar-refractivity contribution >= 4 is 21.8 Å². The van der Waals surface area contributed by atoms with Crippen molar-refractivity contribution in [2.75, 3.05) is 19.8 Å². The van der Waals surface area contributed by atoms with Crippen molar-refractivity contribution in [2.24, 2.45) is 5.92 Å². The van der Waals surface area contributed by atoms with Crippen molar-refractivity contribution in [3.05, 3.63) is 52.8 Å². The normalized spacial score (nSPS) is 17.2. The molecule has 0 bridgehead atoms. The Hall–Kier alpha value is -1.41. The van der Waals surface area contributed by atoms with Gasteiger partial charge in [0, 0.05) is 29.5 Å². The Kier molecular flexibility index (Phi) is 6.02. The van der Waals surface area contributed by atoms with E-state index in [0.29, 0.717) is 37.0 Å². The molecule has 0 radical (unpaired) electrons. The van der Waals surface area contributed by atoms with Crippen molar-refractivity contribution in [3.8, 4) is 0 Å². The highest BCUT2D eigenvalue weighted by Gasteiger charge is 2.26. The second-order valence-electron chi connectivity index (χ2n) is 8.09. The second-order valence-corrected chi connectivity index (χ2v) is 10.9. The summed E-state index contributed by atoms with van der Waals surface area (Å²) in [5.41, 5.74) is 3.00. The van der Waals surface area contributed by atoms with Crippen molar-refractivity contribution in [1.29, 1.82) is 0 Å². The molecule has 0 atom stereocenters. The third-order valence-corrected chi connectivity index (χ3v) is 8.32. The Morgan fingerprint density at radius 2 is 1.86 bits per heavy atom. The molecular weight excluding hydrogens is 409 g/mol. The van der Waals surface area contributed by atoms with E-state index in [1.165, 1.54) is 23.9 Å². The van der Waals surface area contributed by atoms with Crippen molar-refractivity contribution in [2.45, 2.75) is 53.7 Å². The predicted molar refractivity (Wildman–Crippen MR) is 113 cm³/mol. The minimum atomic E-state index is -3.63. The number of hydrogen-bond donors (Lipinski definition) is 1. The average Bonchev–Trinajstić information content (AvgIpc) is 2.70. The van der Waals surface area contributed by atoms with Crippen LogP contribution in [0.2, 0.25) is 0 Å². The maximum absolute atomic E-state index is 13.7. The van der Waals surface area contributed by atoms with Gasteiger partial charge in [-0.3, -0.25) is 0 Å². The molecule has 1 N–H and O–H groups in total. The van der Waals surface area contributed by atoms with Crippen LogP contribution < -0.4 is 4.72 Å². The van der Waals surface area contributed by atoms with Gasteiger partial charge in [-0.2, -0.15) is 0 Å². The second kappa shape index (κ2) is 8.38. The van der Waals surface area contributed by atoms with Crippen molar-refractivity contribution in [3.63, 3.8) is 0 Å². The van der Waals surface area contributed by atoms with E-state index in [2.05, 4.69) is 4.72 Å². The van der Waals surface area contributed by atoms with Crippen LogP contribution in [0.1, 0.15) is 49.3 Å². The number of nitrogens with one attached hydrogen (secondary N) is 1. The first-order chi connectivity index (χ1) is 13.8. The first-order valence-electron chi connectivity index (χ1n) is 10.0. The van der Waals surface area contributed by atoms with E-state index in [-0.39, 0.29) is 11.7 Å². The molecule has 0 saturated carbocycles. The smallest absolute Gasteiger partial charge is 0.240 e. The summed E-state index contributed by atoms with van der Waals surface area (Å²) < 4.78 is 48.2. The molecule has 2 heterocycles. The molecule has 2 aliphatic heterocycles. The van der Waals surface area contributed by atoms with Crippen molar-refractivity contribution in [1.82, 2.24) is 4.72 Å². The molecule has 0 aromatic heterocycles. The Morgan fingerprint density at radius 3 is 2.59 bits per heavy atom. The summed E-state index contributed by atoms with van der Waals surface area (Å²) >= 11 is 1.44. The minimum Gasteiger partial charge on any atom is -0.381 e. The summed E-state index contributed by atoms with van der Waals surface area (Å²) in [7, 11) is -3.63. The van der Waals surface area contributed by atoms with Gasteiger partial charge in [0.1, 0.15) is 5.82 Å². The highest BCUT2D eigenvalue weighted by Crippen LogP contribution is 2.42. The summed E-state index contributed by atoms with van der Waals surface area (Å²) in [5, 5.41) is 0. The topological polar surface area (TPSA) is 55.4 Å². The SMILES string of the molecule is CC(C)c1cc2c(cc1S(=O)(=O)NCC1CCOCC1)Sc1cc(F)ccc1C2. The zero-order chi connectivity index (χ0) is 20.6. The molecule has 4 nitrogen and oxygen atoms in total. The summed E-state index contributed by atoms with van der Waals surface area (Å²) in [6.45, 7) is 5.84. The van der Waals surface area contributed by atoms with Crippen LogP contribution in [0.3, 0.4) is 0 Å². The van der Waals surface area contributed by atoms with E-state index in [1.807, 2.05) is 26.0 Å². The van der Waals surface area contributed by atoms with Crippen LogP contribution in [-0.4, -0.2) is 28.2 Å². The Bertz CT molecular complexity index is 1010. The Balaban J connectivity index is 1.65. The van der Waals surface area contributed by atoms with Crippen LogP contribution in [0.4, 0.5) is 4.39 Å². The standard InChI is InChI=1S/C22H26FNO3S2/c1-14(2)19-10-17-9-16-3-4-18(23)11-20(16)28-21(17)12-22(19)29(25,26)24-13-15-5-7-27-8-6-15/h3-4,10-12,14-15,24H,5-9,13H2,1-2H3. The van der Waals surface area contributed by atoms with Gasteiger partial charge in [0.25, 0.3) is 0 Å². The van der Waals surface area contributed by atoms with Gasteiger partial charge >= 0.3 is 0 Å². The number of rotatable bonds is 5. The molecule has 0 unspecified atom stereocenters. The summed E-state index contributed by atoms with van der Waals surface area (Å²) in [5.74, 6) is 0.113. The van der Waals surface area contributed by atoms with Crippen LogP contribution in [0, 0.1) is 11.7 Å². The quantitative estimate of drug-likeness (QED) is 0.631. The van der Waals surface area contributed by atoms with Gasteiger partial charge in [0.15, 0.2) is 0 Å². The van der Waals surface area contributed by atoms with E-state index in [0.717, 1.165) is 39.3 Å². The molecule has 0 aliphatic carbocycles. The first-order valence-corrected chi connectivity index (χ1v) is 12.3. The number of ether oxygens (including phenoxy) is 1. The van der Waals surface area contributed by atoms with Crippen LogP contribution in [-0.2, 0) is 21.2 Å². The monoisotopic (exact) mass is 435 g/mol. The van der Waals surface area contributed by atoms with Gasteiger partial charge in [-0.1, -0.05) is 37.7 Å². The van der Waals surface area contributed by atoms with Crippen LogP contribution in [0.25, 0.3) is 0 Å². The van der Waals surface area contributed by atoms with Crippen molar-refractivity contribution < 1.29 is 17.5 Å². The lowest BCUT2D eigenvalue weighted by molar-refractivity contribution is 0.0678. The highest BCUT2D eigenvalue weighted by atomic mass is 32.2. The molecule has 29 heavy (non-hydrogen) atoms. The summed E-state index contributed by atoms with van der Waals surface area (Å²) in [6, 6.07) is 8.61. The molecule has 4 rings (SSSR count). The predicted octanol–water partition coefficient (Wildman–Crippen LogP) is 4.71. The van der Waals surface area contributed by atoms with Gasteiger partial charge in [0.05, 0.1) is 4.90 Å². The number of fused-ring (bicyclic) bond motifs is 2. The van der Waals surface area contributed by atoms with Gasteiger partial charge in [-0.25, -0.2) is 17.5 Å². The number of halogens is 1. The lowest BCUT2D eigenvalue weighted by Gasteiger charge is -2.25. The number of hydrogen-bond acceptors (Lipinski definition) is 4. The zero-order valence-corrected chi connectivity index (χ0v) is 18.3. The van der Waals surface area contributed by atoms with Gasteiger partial charge in [-0.05, 0) is 66.0 Å². The maximum Gasteiger partial charge on any atom is 0.240 e. The van der Waals surface area contributed by atoms with Gasteiger partial charge in [0.2, 0.25) is 10.0 Å². The van der Waals surface area contributed by atoms with Gasteiger partial charge < -0.3 is 4.74 Å². The third-order valence-electron chi connectivity index (χ3n) is 5.64. The fourth-order valence-electron chi connectivity index (χ4n) is 3.89. The van der Waals surface area contributed by atoms with E-state index in [4.69, 9.17) is 4.74 Å². The van der Waals surface area contributed by atoms with E-state index < -0.39 is 10.0 Å². The number of sulfonamides is 1. The number of benzene rings is 2. The highest BCUT2D eigenvalue weighted by molar-refractivity contribution is 7.99. The summed E-state index contributed by atoms with van der Waals surface area (Å²) in [6.07, 6.45) is 2.44. The lowest BCUT2D eigenvalue weighted by atomic mass is 9.97. The van der Waals surface area contributed by atoms with Crippen LogP contribution in [0.15, 0.2) is 45.0 Å². The molecule has 7 heteroatoms. The maximum atomic E-state index is 13.7. The molecule has 2 aromatic rings. The fraction of sp³-hybridized carbons (Fsp3) is 0.455. The Labute approximate surface area is 176 Å². The molecular formula is C22H26FNO3S2. The van der Waals surface area contributed by atoms with E-state index in [9.17, 15) is 12.8 Å². The average molecular weight is 436 g/mol. The lowest BCUT2D eigenvalue weighted by Crippen LogP contribution is -2.32. The van der Waals surface area contributed by atoms with Gasteiger partial charge in [-0.15, -0.1) is 0 Å². The first kappa shape index (κ1) is 20.8. The molecule has 156 valence electrons. The molecule has 0 amide bonds. The zero-order valence-electron chi connectivity index (χ0n) is 16.7. The van der Waals surface area contributed by atoms with Crippen LogP contribution in [0.5, 0.6) is 0 Å². The minimum absolute atomic E-state index is 0.0783. The molecule has 2 aliphatic rings. The molecule has 1 fully saturated rings. The fourth-order valence-corrected chi connectivity index (χ4v) is 6.57. The van der Waals surface area contributed by atoms with Crippen LogP contribution >= 0.6 is 11.8 Å². The third kappa shape index (κ3) is 4.53. The molecule has 0 spiro atoms. The molecule has 2 aromatic carbocycles. The molecule has 1 saturated heterocycles. The summed E-state index contributed by atoms with van der Waals surface area (Å²) in [4.78, 5) is 2.08. The Morgan fingerprint density at radius 1 is 1.14 bits per heavy atom.